The normalized spacial score (nSPS) is 11.0. The lowest BCUT2D eigenvalue weighted by molar-refractivity contribution is 0.426. The minimum atomic E-state index is -0.429. The van der Waals surface area contributed by atoms with Crippen molar-refractivity contribution in [2.24, 2.45) is 0 Å². The van der Waals surface area contributed by atoms with Crippen LogP contribution in [0.15, 0.2) is 65.2 Å². The van der Waals surface area contributed by atoms with Gasteiger partial charge in [-0.3, -0.25) is 0 Å². The Morgan fingerprint density at radius 1 is 0.913 bits per heavy atom. The third-order valence-electron chi connectivity index (χ3n) is 3.66. The molecule has 0 unspecified atom stereocenters. The molecule has 1 heterocycles. The van der Waals surface area contributed by atoms with E-state index < -0.39 is 5.82 Å². The molecule has 0 fully saturated rings. The number of nitrogens with zero attached hydrogens (tertiary/aromatic N) is 2. The molecule has 23 heavy (non-hydrogen) atoms. The predicted molar refractivity (Wildman–Crippen MR) is 84.3 cm³/mol. The number of aromatic hydroxyl groups is 1. The average Bonchev–Trinajstić information content (AvgIpc) is 3.04. The maximum absolute atomic E-state index is 13.8. The van der Waals surface area contributed by atoms with Gasteiger partial charge in [0.15, 0.2) is 0 Å². The van der Waals surface area contributed by atoms with Crippen LogP contribution >= 0.6 is 0 Å². The Balaban J connectivity index is 1.90. The van der Waals surface area contributed by atoms with Crippen LogP contribution in [-0.4, -0.2) is 15.2 Å². The number of phenolic OH excluding ortho intramolecular Hbond substituents is 1. The summed E-state index contributed by atoms with van der Waals surface area (Å²) in [7, 11) is 0. The van der Waals surface area contributed by atoms with Crippen molar-refractivity contribution in [1.82, 2.24) is 10.1 Å². The minimum Gasteiger partial charge on any atom is -0.507 e. The van der Waals surface area contributed by atoms with Crippen LogP contribution in [0.1, 0.15) is 0 Å². The van der Waals surface area contributed by atoms with Gasteiger partial charge in [0.25, 0.3) is 5.89 Å². The van der Waals surface area contributed by atoms with Crippen molar-refractivity contribution in [3.8, 4) is 28.6 Å². The van der Waals surface area contributed by atoms with Crippen LogP contribution in [0.2, 0.25) is 0 Å². The number of fused-ring (bicyclic) bond motifs is 1. The number of benzene rings is 3. The van der Waals surface area contributed by atoms with Crippen LogP contribution in [-0.2, 0) is 0 Å². The number of halogens is 1. The summed E-state index contributed by atoms with van der Waals surface area (Å²) in [6.45, 7) is 0. The molecule has 4 rings (SSSR count). The molecule has 112 valence electrons. The van der Waals surface area contributed by atoms with E-state index in [0.29, 0.717) is 5.56 Å². The molecule has 0 spiro atoms. The van der Waals surface area contributed by atoms with E-state index in [2.05, 4.69) is 10.1 Å². The van der Waals surface area contributed by atoms with Crippen LogP contribution in [0.5, 0.6) is 5.75 Å². The molecule has 4 nitrogen and oxygen atoms in total. The Morgan fingerprint density at radius 3 is 2.57 bits per heavy atom. The molecule has 0 saturated carbocycles. The quantitative estimate of drug-likeness (QED) is 0.596. The SMILES string of the molecule is Oc1ccc2ccccc2c1-c1nc(-c2ccccc2F)no1. The van der Waals surface area contributed by atoms with E-state index >= 15 is 0 Å². The minimum absolute atomic E-state index is 0.0347. The van der Waals surface area contributed by atoms with Crippen molar-refractivity contribution in [2.75, 3.05) is 0 Å². The van der Waals surface area contributed by atoms with Crippen LogP contribution < -0.4 is 0 Å². The standard InChI is InChI=1S/C18H11FN2O2/c19-14-8-4-3-7-13(14)17-20-18(23-21-17)16-12-6-2-1-5-11(12)9-10-15(16)22/h1-10,22H. The van der Waals surface area contributed by atoms with Crippen molar-refractivity contribution in [3.05, 3.63) is 66.5 Å². The van der Waals surface area contributed by atoms with Gasteiger partial charge in [-0.2, -0.15) is 4.98 Å². The van der Waals surface area contributed by atoms with E-state index in [0.717, 1.165) is 10.8 Å². The molecule has 0 aliphatic heterocycles. The first-order valence-corrected chi connectivity index (χ1v) is 7.04. The smallest absolute Gasteiger partial charge is 0.262 e. The van der Waals surface area contributed by atoms with Crippen molar-refractivity contribution in [1.29, 1.82) is 0 Å². The molecule has 1 aromatic heterocycles. The van der Waals surface area contributed by atoms with Gasteiger partial charge in [-0.1, -0.05) is 47.6 Å². The summed E-state index contributed by atoms with van der Waals surface area (Å²) in [5, 5.41) is 15.8. The number of aromatic nitrogens is 2. The number of rotatable bonds is 2. The molecule has 0 aliphatic carbocycles. The van der Waals surface area contributed by atoms with E-state index in [1.54, 1.807) is 24.3 Å². The molecular weight excluding hydrogens is 295 g/mol. The van der Waals surface area contributed by atoms with Gasteiger partial charge in [0, 0.05) is 0 Å². The Labute approximate surface area is 130 Å². The fraction of sp³-hybridized carbons (Fsp3) is 0. The van der Waals surface area contributed by atoms with Crippen LogP contribution in [0.3, 0.4) is 0 Å². The van der Waals surface area contributed by atoms with Gasteiger partial charge in [0.2, 0.25) is 5.82 Å². The topological polar surface area (TPSA) is 59.2 Å². The van der Waals surface area contributed by atoms with Crippen LogP contribution in [0.4, 0.5) is 4.39 Å². The molecule has 0 saturated heterocycles. The average molecular weight is 306 g/mol. The monoisotopic (exact) mass is 306 g/mol. The van der Waals surface area contributed by atoms with Crippen molar-refractivity contribution in [2.45, 2.75) is 0 Å². The van der Waals surface area contributed by atoms with E-state index in [9.17, 15) is 9.50 Å². The number of hydrogen-bond acceptors (Lipinski definition) is 4. The Morgan fingerprint density at radius 2 is 1.70 bits per heavy atom. The zero-order valence-corrected chi connectivity index (χ0v) is 11.9. The van der Waals surface area contributed by atoms with Gasteiger partial charge in [-0.25, -0.2) is 4.39 Å². The molecule has 4 aromatic rings. The van der Waals surface area contributed by atoms with Gasteiger partial charge in [-0.05, 0) is 29.0 Å². The maximum Gasteiger partial charge on any atom is 0.262 e. The summed E-state index contributed by atoms with van der Waals surface area (Å²) < 4.78 is 19.1. The summed E-state index contributed by atoms with van der Waals surface area (Å²) in [6, 6.07) is 17.1. The number of hydrogen-bond donors (Lipinski definition) is 1. The lowest BCUT2D eigenvalue weighted by Gasteiger charge is -2.04. The third kappa shape index (κ3) is 2.23. The molecule has 0 amide bonds. The maximum atomic E-state index is 13.8. The molecule has 0 bridgehead atoms. The van der Waals surface area contributed by atoms with E-state index in [1.807, 2.05) is 30.3 Å². The van der Waals surface area contributed by atoms with Crippen molar-refractivity contribution >= 4 is 10.8 Å². The molecule has 0 aliphatic rings. The number of phenols is 1. The van der Waals surface area contributed by atoms with Crippen molar-refractivity contribution in [3.63, 3.8) is 0 Å². The van der Waals surface area contributed by atoms with E-state index in [4.69, 9.17) is 4.52 Å². The second-order valence-electron chi connectivity index (χ2n) is 5.08. The highest BCUT2D eigenvalue weighted by Crippen LogP contribution is 2.36. The van der Waals surface area contributed by atoms with Gasteiger partial charge < -0.3 is 9.63 Å². The fourth-order valence-corrected chi connectivity index (χ4v) is 2.56. The molecule has 0 atom stereocenters. The van der Waals surface area contributed by atoms with Gasteiger partial charge >= 0.3 is 0 Å². The zero-order chi connectivity index (χ0) is 15.8. The highest BCUT2D eigenvalue weighted by Gasteiger charge is 2.18. The molecular formula is C18H11FN2O2. The summed E-state index contributed by atoms with van der Waals surface area (Å²) in [6.07, 6.45) is 0. The summed E-state index contributed by atoms with van der Waals surface area (Å²) >= 11 is 0. The second-order valence-corrected chi connectivity index (χ2v) is 5.08. The zero-order valence-electron chi connectivity index (χ0n) is 11.9. The highest BCUT2D eigenvalue weighted by molar-refractivity contribution is 5.97. The lowest BCUT2D eigenvalue weighted by Crippen LogP contribution is -1.86. The van der Waals surface area contributed by atoms with Crippen LogP contribution in [0.25, 0.3) is 33.6 Å². The second kappa shape index (κ2) is 5.21. The van der Waals surface area contributed by atoms with E-state index in [1.165, 1.54) is 6.07 Å². The summed E-state index contributed by atoms with van der Waals surface area (Å²) in [5.41, 5.74) is 0.695. The van der Waals surface area contributed by atoms with Gasteiger partial charge in [0.05, 0.1) is 11.1 Å². The molecule has 3 aromatic carbocycles. The highest BCUT2D eigenvalue weighted by atomic mass is 19.1. The first-order valence-electron chi connectivity index (χ1n) is 7.04. The largest absolute Gasteiger partial charge is 0.507 e. The first kappa shape index (κ1) is 13.5. The lowest BCUT2D eigenvalue weighted by atomic mass is 10.0. The molecule has 5 heteroatoms. The molecule has 1 N–H and O–H groups in total. The van der Waals surface area contributed by atoms with Gasteiger partial charge in [0.1, 0.15) is 11.6 Å². The molecule has 0 radical (unpaired) electrons. The first-order chi connectivity index (χ1) is 11.2. The fourth-order valence-electron chi connectivity index (χ4n) is 2.56. The van der Waals surface area contributed by atoms with Gasteiger partial charge in [-0.15, -0.1) is 0 Å². The van der Waals surface area contributed by atoms with E-state index in [-0.39, 0.29) is 23.0 Å². The Kier molecular flexibility index (Phi) is 3.05. The third-order valence-corrected chi connectivity index (χ3v) is 3.66. The Hall–Kier alpha value is -3.21. The summed E-state index contributed by atoms with van der Waals surface area (Å²) in [5.74, 6) is -0.0996. The summed E-state index contributed by atoms with van der Waals surface area (Å²) in [4.78, 5) is 4.24. The predicted octanol–water partition coefficient (Wildman–Crippen LogP) is 4.40. The van der Waals surface area contributed by atoms with Crippen molar-refractivity contribution < 1.29 is 14.0 Å². The Bertz CT molecular complexity index is 1010. The van der Waals surface area contributed by atoms with Crippen LogP contribution in [0, 0.1) is 5.82 Å².